The molecule has 0 aromatic heterocycles. The van der Waals surface area contributed by atoms with Crippen molar-refractivity contribution in [1.82, 2.24) is 4.90 Å². The lowest BCUT2D eigenvalue weighted by atomic mass is 9.98. The number of nitrogens with zero attached hydrogens (tertiary/aromatic N) is 1. The second-order valence-corrected chi connectivity index (χ2v) is 6.08. The monoisotopic (exact) mass is 271 g/mol. The summed E-state index contributed by atoms with van der Waals surface area (Å²) in [4.78, 5) is 2.40. The number of likely N-dealkylation sites (tertiary alicyclic amines) is 1. The van der Waals surface area contributed by atoms with Gasteiger partial charge in [0.05, 0.1) is 0 Å². The molecule has 2 rings (SSSR count). The predicted octanol–water partition coefficient (Wildman–Crippen LogP) is 4.10. The molecule has 0 amide bonds. The number of alkyl halides is 1. The SMILES string of the molecule is Cc1ccc(CN2CCC(C)C(Cl)C2)c(Cl)c1. The van der Waals surface area contributed by atoms with Crippen LogP contribution >= 0.6 is 23.2 Å². The van der Waals surface area contributed by atoms with Crippen molar-refractivity contribution in [2.75, 3.05) is 13.1 Å². The van der Waals surface area contributed by atoms with E-state index in [-0.39, 0.29) is 5.38 Å². The van der Waals surface area contributed by atoms with Crippen LogP contribution in [-0.2, 0) is 6.54 Å². The van der Waals surface area contributed by atoms with Crippen molar-refractivity contribution >= 4 is 23.2 Å². The summed E-state index contributed by atoms with van der Waals surface area (Å²) in [5.41, 5.74) is 2.41. The Morgan fingerprint density at radius 1 is 1.41 bits per heavy atom. The van der Waals surface area contributed by atoms with Crippen LogP contribution in [-0.4, -0.2) is 23.4 Å². The molecule has 0 N–H and O–H groups in total. The van der Waals surface area contributed by atoms with E-state index in [4.69, 9.17) is 23.2 Å². The van der Waals surface area contributed by atoms with Crippen LogP contribution in [0.25, 0.3) is 0 Å². The molecule has 1 aliphatic rings. The fraction of sp³-hybridized carbons (Fsp3) is 0.571. The first-order valence-corrected chi connectivity index (χ1v) is 6.99. The van der Waals surface area contributed by atoms with Gasteiger partial charge in [0, 0.05) is 23.5 Å². The highest BCUT2D eigenvalue weighted by molar-refractivity contribution is 6.31. The highest BCUT2D eigenvalue weighted by Crippen LogP contribution is 2.25. The fourth-order valence-corrected chi connectivity index (χ4v) is 2.87. The third-order valence-electron chi connectivity index (χ3n) is 3.55. The summed E-state index contributed by atoms with van der Waals surface area (Å²) in [6.07, 6.45) is 1.18. The van der Waals surface area contributed by atoms with Gasteiger partial charge in [-0.2, -0.15) is 0 Å². The molecule has 1 nitrogen and oxygen atoms in total. The molecule has 2 atom stereocenters. The van der Waals surface area contributed by atoms with Crippen molar-refractivity contribution in [3.63, 3.8) is 0 Å². The summed E-state index contributed by atoms with van der Waals surface area (Å²) >= 11 is 12.6. The van der Waals surface area contributed by atoms with Crippen LogP contribution in [0.3, 0.4) is 0 Å². The van der Waals surface area contributed by atoms with Gasteiger partial charge in [-0.1, -0.05) is 30.7 Å². The number of hydrogen-bond acceptors (Lipinski definition) is 1. The molecule has 94 valence electrons. The van der Waals surface area contributed by atoms with E-state index in [2.05, 4.69) is 30.9 Å². The molecule has 0 spiro atoms. The Morgan fingerprint density at radius 2 is 2.18 bits per heavy atom. The van der Waals surface area contributed by atoms with E-state index in [1.807, 2.05) is 6.07 Å². The maximum absolute atomic E-state index is 6.32. The Hall–Kier alpha value is -0.240. The van der Waals surface area contributed by atoms with E-state index in [1.54, 1.807) is 0 Å². The lowest BCUT2D eigenvalue weighted by Crippen LogP contribution is -2.39. The van der Waals surface area contributed by atoms with Crippen LogP contribution in [0.15, 0.2) is 18.2 Å². The van der Waals surface area contributed by atoms with Gasteiger partial charge >= 0.3 is 0 Å². The zero-order valence-electron chi connectivity index (χ0n) is 10.4. The molecule has 0 aliphatic carbocycles. The molecule has 0 saturated carbocycles. The molecule has 1 aromatic rings. The molecule has 17 heavy (non-hydrogen) atoms. The molecule has 0 bridgehead atoms. The van der Waals surface area contributed by atoms with Crippen molar-refractivity contribution in [3.05, 3.63) is 34.3 Å². The normalized spacial score (nSPS) is 26.1. The summed E-state index contributed by atoms with van der Waals surface area (Å²) in [7, 11) is 0. The van der Waals surface area contributed by atoms with Crippen molar-refractivity contribution < 1.29 is 0 Å². The smallest absolute Gasteiger partial charge is 0.0489 e. The molecule has 1 aliphatic heterocycles. The van der Waals surface area contributed by atoms with E-state index in [9.17, 15) is 0 Å². The molecular formula is C14H19Cl2N. The minimum absolute atomic E-state index is 0.271. The first-order valence-electron chi connectivity index (χ1n) is 6.17. The Labute approximate surface area is 114 Å². The Bertz CT molecular complexity index is 392. The van der Waals surface area contributed by atoms with Crippen molar-refractivity contribution in [2.45, 2.75) is 32.2 Å². The van der Waals surface area contributed by atoms with E-state index in [0.717, 1.165) is 24.7 Å². The fourth-order valence-electron chi connectivity index (χ4n) is 2.25. The third-order valence-corrected chi connectivity index (χ3v) is 4.47. The Kier molecular flexibility index (Phi) is 4.35. The van der Waals surface area contributed by atoms with Gasteiger partial charge in [-0.3, -0.25) is 4.90 Å². The number of hydrogen-bond donors (Lipinski definition) is 0. The average Bonchev–Trinajstić information content (AvgIpc) is 2.27. The number of piperidine rings is 1. The second kappa shape index (κ2) is 5.60. The van der Waals surface area contributed by atoms with Gasteiger partial charge in [0.15, 0.2) is 0 Å². The topological polar surface area (TPSA) is 3.24 Å². The van der Waals surface area contributed by atoms with Crippen molar-refractivity contribution in [3.8, 4) is 0 Å². The maximum Gasteiger partial charge on any atom is 0.0489 e. The third kappa shape index (κ3) is 3.37. The van der Waals surface area contributed by atoms with E-state index in [1.165, 1.54) is 17.5 Å². The summed E-state index contributed by atoms with van der Waals surface area (Å²) in [6.45, 7) is 7.29. The van der Waals surface area contributed by atoms with E-state index in [0.29, 0.717) is 5.92 Å². The second-order valence-electron chi connectivity index (χ2n) is 5.11. The summed E-state index contributed by atoms with van der Waals surface area (Å²) in [6, 6.07) is 6.27. The van der Waals surface area contributed by atoms with Gasteiger partial charge < -0.3 is 0 Å². The number of benzene rings is 1. The quantitative estimate of drug-likeness (QED) is 0.733. The maximum atomic E-state index is 6.32. The summed E-state index contributed by atoms with van der Waals surface area (Å²) in [5, 5.41) is 1.14. The first-order chi connectivity index (χ1) is 8.06. The Balaban J connectivity index is 2.01. The molecule has 1 saturated heterocycles. The highest BCUT2D eigenvalue weighted by Gasteiger charge is 2.24. The minimum atomic E-state index is 0.271. The molecule has 1 aromatic carbocycles. The van der Waals surface area contributed by atoms with Crippen LogP contribution in [0.2, 0.25) is 5.02 Å². The van der Waals surface area contributed by atoms with Gasteiger partial charge in [-0.25, -0.2) is 0 Å². The highest BCUT2D eigenvalue weighted by atomic mass is 35.5. The van der Waals surface area contributed by atoms with E-state index >= 15 is 0 Å². The van der Waals surface area contributed by atoms with Gasteiger partial charge in [-0.15, -0.1) is 11.6 Å². The van der Waals surface area contributed by atoms with Crippen molar-refractivity contribution in [2.24, 2.45) is 5.92 Å². The van der Waals surface area contributed by atoms with Crippen LogP contribution in [0.1, 0.15) is 24.5 Å². The average molecular weight is 272 g/mol. The zero-order chi connectivity index (χ0) is 12.4. The van der Waals surface area contributed by atoms with E-state index < -0.39 is 0 Å². The minimum Gasteiger partial charge on any atom is -0.298 e. The molecule has 1 heterocycles. The predicted molar refractivity (Wildman–Crippen MR) is 74.9 cm³/mol. The summed E-state index contributed by atoms with van der Waals surface area (Å²) in [5.74, 6) is 0.626. The first kappa shape index (κ1) is 13.2. The largest absolute Gasteiger partial charge is 0.298 e. The molecule has 3 heteroatoms. The zero-order valence-corrected chi connectivity index (χ0v) is 11.9. The lowest BCUT2D eigenvalue weighted by molar-refractivity contribution is 0.189. The number of aryl methyl sites for hydroxylation is 1. The van der Waals surface area contributed by atoms with Gasteiger partial charge in [0.1, 0.15) is 0 Å². The standard InChI is InChI=1S/C14H19Cl2N/c1-10-3-4-12(13(15)7-10)8-17-6-5-11(2)14(16)9-17/h3-4,7,11,14H,5-6,8-9H2,1-2H3. The summed E-state index contributed by atoms with van der Waals surface area (Å²) < 4.78 is 0. The number of rotatable bonds is 2. The lowest BCUT2D eigenvalue weighted by Gasteiger charge is -2.34. The van der Waals surface area contributed by atoms with Crippen LogP contribution in [0, 0.1) is 12.8 Å². The van der Waals surface area contributed by atoms with Gasteiger partial charge in [-0.05, 0) is 43.0 Å². The van der Waals surface area contributed by atoms with Gasteiger partial charge in [0.25, 0.3) is 0 Å². The van der Waals surface area contributed by atoms with Crippen molar-refractivity contribution in [1.29, 1.82) is 0 Å². The van der Waals surface area contributed by atoms with Crippen LogP contribution in [0.4, 0.5) is 0 Å². The molecule has 1 fully saturated rings. The number of halogens is 2. The molecular weight excluding hydrogens is 253 g/mol. The van der Waals surface area contributed by atoms with Gasteiger partial charge in [0.2, 0.25) is 0 Å². The van der Waals surface area contributed by atoms with Crippen LogP contribution in [0.5, 0.6) is 0 Å². The Morgan fingerprint density at radius 3 is 2.82 bits per heavy atom. The molecule has 0 radical (unpaired) electrons. The molecule has 2 unspecified atom stereocenters. The van der Waals surface area contributed by atoms with Crippen LogP contribution < -0.4 is 0 Å².